The minimum Gasteiger partial charge on any atom is -0.478 e. The lowest BCUT2D eigenvalue weighted by Crippen LogP contribution is -2.47. The summed E-state index contributed by atoms with van der Waals surface area (Å²) >= 11 is 0. The van der Waals surface area contributed by atoms with Crippen LogP contribution in [0, 0.1) is 17.1 Å². The molecule has 9 nitrogen and oxygen atoms in total. The molecule has 0 aromatic carbocycles. The van der Waals surface area contributed by atoms with Gasteiger partial charge in [-0.1, -0.05) is 6.58 Å². The Morgan fingerprint density at radius 2 is 2.06 bits per heavy atom. The van der Waals surface area contributed by atoms with E-state index in [1.54, 1.807) is 0 Å². The Kier molecular flexibility index (Phi) is 6.76. The number of anilines is 1. The fourth-order valence-corrected chi connectivity index (χ4v) is 2.33. The molecule has 1 atom stereocenters. The van der Waals surface area contributed by atoms with Crippen LogP contribution in [-0.2, 0) is 27.0 Å². The van der Waals surface area contributed by atoms with Gasteiger partial charge < -0.3 is 15.2 Å². The van der Waals surface area contributed by atoms with Gasteiger partial charge in [0.1, 0.15) is 6.07 Å². The van der Waals surface area contributed by atoms with Gasteiger partial charge >= 0.3 is 12.1 Å². The van der Waals surface area contributed by atoms with Crippen molar-refractivity contribution in [3.63, 3.8) is 0 Å². The van der Waals surface area contributed by atoms with Gasteiger partial charge in [-0.3, -0.25) is 9.48 Å². The number of hydrogen-bond donors (Lipinski definition) is 2. The molecule has 0 aliphatic carbocycles. The third-order valence-corrected chi connectivity index (χ3v) is 3.97. The maximum Gasteiger partial charge on any atom is 0.419 e. The number of nitrogens with zero attached hydrogens (tertiary/aromatic N) is 4. The molecule has 1 amide bonds. The lowest BCUT2D eigenvalue weighted by atomic mass is 10.0. The molecule has 0 bridgehead atoms. The Morgan fingerprint density at radius 3 is 2.58 bits per heavy atom. The Hall–Kier alpha value is -3.79. The number of rotatable bonds is 8. The predicted molar refractivity (Wildman–Crippen MR) is 95.9 cm³/mol. The first-order valence-electron chi connectivity index (χ1n) is 8.37. The first kappa shape index (κ1) is 23.5. The van der Waals surface area contributed by atoms with Crippen molar-refractivity contribution in [3.05, 3.63) is 53.9 Å². The Bertz CT molecular complexity index is 1060. The molecule has 1 unspecified atom stereocenters. The maximum atomic E-state index is 13.2. The summed E-state index contributed by atoms with van der Waals surface area (Å²) in [5.41, 5.74) is -4.93. The van der Waals surface area contributed by atoms with Crippen molar-refractivity contribution in [2.24, 2.45) is 0 Å². The number of aromatic nitrogens is 3. The van der Waals surface area contributed by atoms with E-state index in [0.717, 1.165) is 23.3 Å². The Morgan fingerprint density at radius 1 is 1.39 bits per heavy atom. The minimum atomic E-state index is -4.90. The molecule has 0 fully saturated rings. The summed E-state index contributed by atoms with van der Waals surface area (Å²) in [5.74, 6) is -3.11. The fourth-order valence-electron chi connectivity index (χ4n) is 2.33. The molecule has 0 radical (unpaired) electrons. The molecule has 13 heteroatoms. The molecular formula is C18H15F4N5O4. The first-order chi connectivity index (χ1) is 14.4. The summed E-state index contributed by atoms with van der Waals surface area (Å²) in [6, 6.07) is 1.83. The van der Waals surface area contributed by atoms with Crippen LogP contribution in [0.4, 0.5) is 23.2 Å². The van der Waals surface area contributed by atoms with Crippen molar-refractivity contribution >= 4 is 17.6 Å². The molecule has 0 aliphatic rings. The van der Waals surface area contributed by atoms with Gasteiger partial charge in [-0.2, -0.15) is 23.5 Å². The standard InChI is InChI=1S/C18H15F4N5O4/c1-10(15(28)29)8-31-17(2,9-27-7-11(19)5-25-27)16(30)26-12-3-13(18(20,21)22)14(4-23)24-6-12/h3,5-7H,1,8-9H2,2H3,(H,26,30)(H,28,29). The van der Waals surface area contributed by atoms with Gasteiger partial charge in [0.15, 0.2) is 17.1 Å². The topological polar surface area (TPSA) is 130 Å². The number of carboxylic acid groups (broad SMARTS) is 1. The van der Waals surface area contributed by atoms with Crippen molar-refractivity contribution in [1.29, 1.82) is 5.26 Å². The number of nitriles is 1. The molecule has 0 saturated carbocycles. The number of carbonyl (C=O) groups is 2. The quantitative estimate of drug-likeness (QED) is 0.475. The van der Waals surface area contributed by atoms with Gasteiger partial charge in [0, 0.05) is 0 Å². The number of pyridine rings is 1. The van der Waals surface area contributed by atoms with Crippen molar-refractivity contribution in [1.82, 2.24) is 14.8 Å². The van der Waals surface area contributed by atoms with Crippen LogP contribution in [0.25, 0.3) is 0 Å². The largest absolute Gasteiger partial charge is 0.478 e. The van der Waals surface area contributed by atoms with Crippen LogP contribution >= 0.6 is 0 Å². The molecule has 2 rings (SSSR count). The second kappa shape index (κ2) is 8.92. The molecule has 0 aliphatic heterocycles. The number of alkyl halides is 3. The summed E-state index contributed by atoms with van der Waals surface area (Å²) < 4.78 is 59.0. The highest BCUT2D eigenvalue weighted by molar-refractivity contribution is 5.97. The SMILES string of the molecule is C=C(COC(C)(Cn1cc(F)cn1)C(=O)Nc1cnc(C#N)c(C(F)(F)F)c1)C(=O)O. The summed E-state index contributed by atoms with van der Waals surface area (Å²) in [5, 5.41) is 23.6. The zero-order valence-electron chi connectivity index (χ0n) is 15.9. The van der Waals surface area contributed by atoms with E-state index >= 15 is 0 Å². The molecule has 2 aromatic heterocycles. The summed E-state index contributed by atoms with van der Waals surface area (Å²) in [7, 11) is 0. The summed E-state index contributed by atoms with van der Waals surface area (Å²) in [6.07, 6.45) is -2.26. The van der Waals surface area contributed by atoms with Gasteiger partial charge in [-0.25, -0.2) is 14.2 Å². The lowest BCUT2D eigenvalue weighted by molar-refractivity contribution is -0.143. The Labute approximate surface area is 172 Å². The number of halogens is 4. The maximum absolute atomic E-state index is 13.2. The minimum absolute atomic E-state index is 0.394. The lowest BCUT2D eigenvalue weighted by Gasteiger charge is -2.28. The van der Waals surface area contributed by atoms with E-state index < -0.39 is 65.1 Å². The molecule has 0 saturated heterocycles. The monoisotopic (exact) mass is 441 g/mol. The fraction of sp³-hybridized carbons (Fsp3) is 0.278. The van der Waals surface area contributed by atoms with E-state index in [0.29, 0.717) is 6.07 Å². The second-order valence-electron chi connectivity index (χ2n) is 6.47. The summed E-state index contributed by atoms with van der Waals surface area (Å²) in [4.78, 5) is 27.2. The van der Waals surface area contributed by atoms with Crippen LogP contribution in [0.2, 0.25) is 0 Å². The average Bonchev–Trinajstić information content (AvgIpc) is 3.09. The highest BCUT2D eigenvalue weighted by Gasteiger charge is 2.38. The molecular weight excluding hydrogens is 426 g/mol. The molecule has 2 N–H and O–H groups in total. The predicted octanol–water partition coefficient (Wildman–Crippen LogP) is 2.36. The number of aliphatic carboxylic acids is 1. The third kappa shape index (κ3) is 5.86. The van der Waals surface area contributed by atoms with Gasteiger partial charge in [-0.05, 0) is 13.0 Å². The zero-order chi connectivity index (χ0) is 23.4. The molecule has 164 valence electrons. The number of carbonyl (C=O) groups excluding carboxylic acids is 1. The summed E-state index contributed by atoms with van der Waals surface area (Å²) in [6.45, 7) is 3.45. The van der Waals surface area contributed by atoms with Gasteiger partial charge in [0.25, 0.3) is 5.91 Å². The Balaban J connectivity index is 2.33. The number of ether oxygens (including phenoxy) is 1. The molecule has 31 heavy (non-hydrogen) atoms. The van der Waals surface area contributed by atoms with E-state index in [-0.39, 0.29) is 0 Å². The van der Waals surface area contributed by atoms with Crippen LogP contribution < -0.4 is 5.32 Å². The van der Waals surface area contributed by atoms with E-state index in [2.05, 4.69) is 22.0 Å². The third-order valence-electron chi connectivity index (χ3n) is 3.97. The van der Waals surface area contributed by atoms with E-state index in [1.165, 1.54) is 13.0 Å². The highest BCUT2D eigenvalue weighted by atomic mass is 19.4. The van der Waals surface area contributed by atoms with Crippen LogP contribution in [0.15, 0.2) is 36.8 Å². The van der Waals surface area contributed by atoms with E-state index in [4.69, 9.17) is 15.1 Å². The normalized spacial score (nSPS) is 13.2. The first-order valence-corrected chi connectivity index (χ1v) is 8.37. The van der Waals surface area contributed by atoms with Crippen molar-refractivity contribution in [2.75, 3.05) is 11.9 Å². The number of carboxylic acids is 1. The van der Waals surface area contributed by atoms with E-state index in [1.807, 2.05) is 0 Å². The van der Waals surface area contributed by atoms with Crippen LogP contribution in [0.1, 0.15) is 18.2 Å². The van der Waals surface area contributed by atoms with Gasteiger partial charge in [-0.15, -0.1) is 0 Å². The van der Waals surface area contributed by atoms with Crippen LogP contribution in [0.3, 0.4) is 0 Å². The molecule has 2 heterocycles. The zero-order valence-corrected chi connectivity index (χ0v) is 15.9. The van der Waals surface area contributed by atoms with Crippen molar-refractivity contribution in [3.8, 4) is 6.07 Å². The average molecular weight is 441 g/mol. The molecule has 2 aromatic rings. The van der Waals surface area contributed by atoms with Gasteiger partial charge in [0.2, 0.25) is 0 Å². The highest BCUT2D eigenvalue weighted by Crippen LogP contribution is 2.32. The van der Waals surface area contributed by atoms with Crippen molar-refractivity contribution < 1.29 is 37.0 Å². The van der Waals surface area contributed by atoms with Crippen molar-refractivity contribution in [2.45, 2.75) is 25.2 Å². The van der Waals surface area contributed by atoms with Crippen LogP contribution in [0.5, 0.6) is 0 Å². The van der Waals surface area contributed by atoms with Crippen LogP contribution in [-0.4, -0.2) is 44.0 Å². The van der Waals surface area contributed by atoms with Gasteiger partial charge in [0.05, 0.1) is 48.6 Å². The number of hydrogen-bond acceptors (Lipinski definition) is 6. The number of amides is 1. The number of nitrogens with one attached hydrogen (secondary N) is 1. The second-order valence-corrected chi connectivity index (χ2v) is 6.47. The smallest absolute Gasteiger partial charge is 0.419 e. The molecule has 0 spiro atoms. The van der Waals surface area contributed by atoms with E-state index in [9.17, 15) is 27.2 Å².